The van der Waals surface area contributed by atoms with Crippen LogP contribution in [-0.2, 0) is 11.8 Å². The van der Waals surface area contributed by atoms with Gasteiger partial charge in [0.2, 0.25) is 5.91 Å². The summed E-state index contributed by atoms with van der Waals surface area (Å²) in [4.78, 5) is 27.1. The number of anilines is 1. The summed E-state index contributed by atoms with van der Waals surface area (Å²) in [7, 11) is 1.89. The summed E-state index contributed by atoms with van der Waals surface area (Å²) >= 11 is 0. The largest absolute Gasteiger partial charge is 0.356 e. The second-order valence-electron chi connectivity index (χ2n) is 6.57. The molecule has 3 aromatic heterocycles. The van der Waals surface area contributed by atoms with E-state index in [2.05, 4.69) is 20.3 Å². The van der Waals surface area contributed by atoms with Crippen molar-refractivity contribution in [2.24, 2.45) is 7.05 Å². The van der Waals surface area contributed by atoms with Crippen LogP contribution in [0.3, 0.4) is 0 Å². The van der Waals surface area contributed by atoms with Gasteiger partial charge in [0.25, 0.3) is 0 Å². The molecule has 0 aromatic carbocycles. The first-order valence-corrected chi connectivity index (χ1v) is 8.74. The summed E-state index contributed by atoms with van der Waals surface area (Å²) in [5.41, 5.74) is 1.74. The zero-order valence-corrected chi connectivity index (χ0v) is 14.9. The molecule has 0 aliphatic carbocycles. The topological polar surface area (TPSA) is 88.8 Å². The van der Waals surface area contributed by atoms with Crippen LogP contribution in [0.2, 0.25) is 0 Å². The molecule has 1 fully saturated rings. The monoisotopic (exact) mass is 351 g/mol. The lowest BCUT2D eigenvalue weighted by Gasteiger charge is -2.33. The Hall–Kier alpha value is -3.03. The molecule has 3 aromatic rings. The number of aryl methyl sites for hydroxylation is 1. The average molecular weight is 351 g/mol. The Morgan fingerprint density at radius 1 is 1.19 bits per heavy atom. The number of nitrogens with one attached hydrogen (secondary N) is 1. The minimum absolute atomic E-state index is 0.0279. The third-order valence-corrected chi connectivity index (χ3v) is 4.71. The molecule has 0 unspecified atom stereocenters. The van der Waals surface area contributed by atoms with Crippen molar-refractivity contribution in [3.63, 3.8) is 0 Å². The molecule has 26 heavy (non-hydrogen) atoms. The minimum Gasteiger partial charge on any atom is -0.356 e. The first kappa shape index (κ1) is 16.4. The standard InChI is InChI=1S/C18H21N7O/c1-12(26)21-14-5-9-25(10-6-14)18-15-11-20-24(2)17(15)22-16(23-18)13-3-7-19-8-4-13/h3-4,7-8,11,14H,5-6,9-10H2,1-2H3,(H,21,26). The number of carbonyl (C=O) groups is 1. The highest BCUT2D eigenvalue weighted by Crippen LogP contribution is 2.29. The SMILES string of the molecule is CC(=O)NC1CCN(c2nc(-c3ccncc3)nc3c2cnn3C)CC1. The lowest BCUT2D eigenvalue weighted by molar-refractivity contribution is -0.119. The Balaban J connectivity index is 1.69. The van der Waals surface area contributed by atoms with E-state index >= 15 is 0 Å². The third-order valence-electron chi connectivity index (χ3n) is 4.71. The van der Waals surface area contributed by atoms with Gasteiger partial charge >= 0.3 is 0 Å². The maximum absolute atomic E-state index is 11.3. The summed E-state index contributed by atoms with van der Waals surface area (Å²) in [5.74, 6) is 1.60. The van der Waals surface area contributed by atoms with Crippen LogP contribution in [0.15, 0.2) is 30.7 Å². The Kier molecular flexibility index (Phi) is 4.24. The highest BCUT2D eigenvalue weighted by Gasteiger charge is 2.24. The van der Waals surface area contributed by atoms with Gasteiger partial charge in [-0.3, -0.25) is 14.5 Å². The predicted molar refractivity (Wildman–Crippen MR) is 98.6 cm³/mol. The summed E-state index contributed by atoms with van der Waals surface area (Å²) in [6, 6.07) is 4.05. The maximum atomic E-state index is 11.3. The van der Waals surface area contributed by atoms with Gasteiger partial charge in [-0.15, -0.1) is 0 Å². The van der Waals surface area contributed by atoms with Crippen molar-refractivity contribution in [2.75, 3.05) is 18.0 Å². The van der Waals surface area contributed by atoms with E-state index in [1.54, 1.807) is 24.0 Å². The van der Waals surface area contributed by atoms with E-state index in [-0.39, 0.29) is 11.9 Å². The Bertz CT molecular complexity index is 929. The Morgan fingerprint density at radius 2 is 1.92 bits per heavy atom. The molecule has 0 spiro atoms. The second-order valence-corrected chi connectivity index (χ2v) is 6.57. The summed E-state index contributed by atoms with van der Waals surface area (Å²) in [6.45, 7) is 3.24. The fourth-order valence-corrected chi connectivity index (χ4v) is 3.40. The van der Waals surface area contributed by atoms with Crippen LogP contribution in [0.1, 0.15) is 19.8 Å². The molecular formula is C18H21N7O. The molecule has 1 aliphatic heterocycles. The molecule has 0 saturated carbocycles. The molecule has 4 heterocycles. The fraction of sp³-hybridized carbons (Fsp3) is 0.389. The van der Waals surface area contributed by atoms with E-state index in [9.17, 15) is 4.79 Å². The van der Waals surface area contributed by atoms with Gasteiger partial charge in [-0.2, -0.15) is 5.10 Å². The van der Waals surface area contributed by atoms with Gasteiger partial charge in [-0.1, -0.05) is 0 Å². The van der Waals surface area contributed by atoms with Crippen molar-refractivity contribution in [3.05, 3.63) is 30.7 Å². The smallest absolute Gasteiger partial charge is 0.217 e. The minimum atomic E-state index is 0.0279. The fourth-order valence-electron chi connectivity index (χ4n) is 3.40. The van der Waals surface area contributed by atoms with E-state index in [1.165, 1.54) is 0 Å². The highest BCUT2D eigenvalue weighted by molar-refractivity contribution is 5.88. The molecule has 134 valence electrons. The quantitative estimate of drug-likeness (QED) is 0.770. The van der Waals surface area contributed by atoms with Crippen molar-refractivity contribution in [3.8, 4) is 11.4 Å². The lowest BCUT2D eigenvalue weighted by atomic mass is 10.0. The predicted octanol–water partition coefficient (Wildman–Crippen LogP) is 1.53. The van der Waals surface area contributed by atoms with Gasteiger partial charge in [-0.25, -0.2) is 9.97 Å². The van der Waals surface area contributed by atoms with Crippen molar-refractivity contribution in [2.45, 2.75) is 25.8 Å². The van der Waals surface area contributed by atoms with E-state index in [4.69, 9.17) is 9.97 Å². The van der Waals surface area contributed by atoms with Crippen LogP contribution in [0.5, 0.6) is 0 Å². The van der Waals surface area contributed by atoms with Gasteiger partial charge < -0.3 is 10.2 Å². The number of amides is 1. The van der Waals surface area contributed by atoms with E-state index in [0.29, 0.717) is 5.82 Å². The number of rotatable bonds is 3. The first-order chi connectivity index (χ1) is 12.6. The number of hydrogen-bond donors (Lipinski definition) is 1. The van der Waals surface area contributed by atoms with E-state index < -0.39 is 0 Å². The maximum Gasteiger partial charge on any atom is 0.217 e. The molecular weight excluding hydrogens is 330 g/mol. The second kappa shape index (κ2) is 6.70. The summed E-state index contributed by atoms with van der Waals surface area (Å²) < 4.78 is 1.77. The van der Waals surface area contributed by atoms with Crippen LogP contribution in [0.4, 0.5) is 5.82 Å². The van der Waals surface area contributed by atoms with E-state index in [0.717, 1.165) is 48.3 Å². The van der Waals surface area contributed by atoms with Gasteiger partial charge in [-0.05, 0) is 25.0 Å². The number of aromatic nitrogens is 5. The molecule has 8 heteroatoms. The van der Waals surface area contributed by atoms with Gasteiger partial charge in [0.05, 0.1) is 11.6 Å². The summed E-state index contributed by atoms with van der Waals surface area (Å²) in [5, 5.41) is 8.32. The van der Waals surface area contributed by atoms with Crippen LogP contribution in [0, 0.1) is 0 Å². The molecule has 4 rings (SSSR count). The number of nitrogens with zero attached hydrogens (tertiary/aromatic N) is 6. The molecule has 1 aliphatic rings. The Morgan fingerprint density at radius 3 is 2.62 bits per heavy atom. The molecule has 0 bridgehead atoms. The van der Waals surface area contributed by atoms with Gasteiger partial charge in [0.1, 0.15) is 5.82 Å². The van der Waals surface area contributed by atoms with Crippen LogP contribution >= 0.6 is 0 Å². The lowest BCUT2D eigenvalue weighted by Crippen LogP contribution is -2.44. The molecule has 0 atom stereocenters. The van der Waals surface area contributed by atoms with Crippen LogP contribution < -0.4 is 10.2 Å². The van der Waals surface area contributed by atoms with E-state index in [1.807, 2.05) is 25.4 Å². The van der Waals surface area contributed by atoms with Crippen LogP contribution in [0.25, 0.3) is 22.4 Å². The number of pyridine rings is 1. The first-order valence-electron chi connectivity index (χ1n) is 8.74. The number of fused-ring (bicyclic) bond motifs is 1. The molecule has 1 N–H and O–H groups in total. The molecule has 8 nitrogen and oxygen atoms in total. The molecule has 1 amide bonds. The van der Waals surface area contributed by atoms with Crippen molar-refractivity contribution in [1.82, 2.24) is 30.0 Å². The number of carbonyl (C=O) groups excluding carboxylic acids is 1. The number of hydrogen-bond acceptors (Lipinski definition) is 6. The van der Waals surface area contributed by atoms with Crippen molar-refractivity contribution in [1.29, 1.82) is 0 Å². The highest BCUT2D eigenvalue weighted by atomic mass is 16.1. The van der Waals surface area contributed by atoms with Crippen molar-refractivity contribution < 1.29 is 4.79 Å². The van der Waals surface area contributed by atoms with Crippen LogP contribution in [-0.4, -0.2) is 49.8 Å². The zero-order chi connectivity index (χ0) is 18.1. The number of piperidine rings is 1. The average Bonchev–Trinajstić information content (AvgIpc) is 3.03. The normalized spacial score (nSPS) is 15.4. The summed E-state index contributed by atoms with van der Waals surface area (Å²) in [6.07, 6.45) is 7.10. The molecule has 1 saturated heterocycles. The van der Waals surface area contributed by atoms with Crippen molar-refractivity contribution >= 4 is 22.8 Å². The van der Waals surface area contributed by atoms with Gasteiger partial charge in [0.15, 0.2) is 11.5 Å². The Labute approximate surface area is 151 Å². The molecule has 0 radical (unpaired) electrons. The van der Waals surface area contributed by atoms with Gasteiger partial charge in [0, 0.05) is 51.1 Å². The third kappa shape index (κ3) is 3.10. The zero-order valence-electron chi connectivity index (χ0n) is 14.9.